The summed E-state index contributed by atoms with van der Waals surface area (Å²) in [4.78, 5) is 0. The van der Waals surface area contributed by atoms with Crippen LogP contribution in [0.2, 0.25) is 5.02 Å². The van der Waals surface area contributed by atoms with Gasteiger partial charge in [0.15, 0.2) is 0 Å². The highest BCUT2D eigenvalue weighted by atomic mass is 35.5. The summed E-state index contributed by atoms with van der Waals surface area (Å²) in [5.74, 6) is -0.699. The van der Waals surface area contributed by atoms with Crippen molar-refractivity contribution in [3.05, 3.63) is 41.4 Å². The van der Waals surface area contributed by atoms with Crippen LogP contribution in [0, 0.1) is 5.95 Å². The maximum Gasteiger partial charge on any atom is 0.251 e. The molecule has 0 aliphatic heterocycles. The van der Waals surface area contributed by atoms with Crippen molar-refractivity contribution < 1.29 is 4.39 Å². The largest absolute Gasteiger partial charge is 0.397 e. The van der Waals surface area contributed by atoms with Crippen molar-refractivity contribution in [3.8, 4) is 5.69 Å². The Labute approximate surface area is 84.9 Å². The first-order valence-electron chi connectivity index (χ1n) is 3.94. The topological polar surface area (TPSA) is 43.8 Å². The van der Waals surface area contributed by atoms with Crippen LogP contribution in [0.3, 0.4) is 0 Å². The quantitative estimate of drug-likeness (QED) is 0.736. The summed E-state index contributed by atoms with van der Waals surface area (Å²) in [6, 6.07) is 7.03. The van der Waals surface area contributed by atoms with E-state index in [1.54, 1.807) is 24.3 Å². The van der Waals surface area contributed by atoms with E-state index < -0.39 is 5.95 Å². The highest BCUT2D eigenvalue weighted by Gasteiger charge is 2.08. The molecule has 0 fully saturated rings. The summed E-state index contributed by atoms with van der Waals surface area (Å²) >= 11 is 5.53. The third-order valence-electron chi connectivity index (χ3n) is 1.81. The first-order chi connectivity index (χ1) is 6.68. The van der Waals surface area contributed by atoms with E-state index >= 15 is 0 Å². The number of nitrogens with two attached hydrogens (primary N) is 1. The van der Waals surface area contributed by atoms with Crippen LogP contribution in [0.1, 0.15) is 0 Å². The molecule has 0 bridgehead atoms. The Morgan fingerprint density at radius 3 is 2.64 bits per heavy atom. The van der Waals surface area contributed by atoms with Crippen molar-refractivity contribution >= 4 is 17.3 Å². The van der Waals surface area contributed by atoms with Gasteiger partial charge in [0, 0.05) is 0 Å². The molecule has 0 saturated heterocycles. The molecule has 14 heavy (non-hydrogen) atoms. The fourth-order valence-corrected chi connectivity index (χ4v) is 1.28. The van der Waals surface area contributed by atoms with Gasteiger partial charge in [-0.25, -0.2) is 4.68 Å². The van der Waals surface area contributed by atoms with Crippen LogP contribution in [0.15, 0.2) is 30.5 Å². The van der Waals surface area contributed by atoms with Gasteiger partial charge in [-0.3, -0.25) is 0 Å². The summed E-state index contributed by atoms with van der Waals surface area (Å²) in [6.07, 6.45) is 1.38. The zero-order valence-electron chi connectivity index (χ0n) is 7.11. The Bertz CT molecular complexity index is 447. The van der Waals surface area contributed by atoms with E-state index in [0.29, 0.717) is 11.4 Å². The van der Waals surface area contributed by atoms with E-state index in [4.69, 9.17) is 17.3 Å². The van der Waals surface area contributed by atoms with Gasteiger partial charge in [0.2, 0.25) is 0 Å². The monoisotopic (exact) mass is 211 g/mol. The summed E-state index contributed by atoms with van der Waals surface area (Å²) in [5, 5.41) is 3.56. The Morgan fingerprint density at radius 2 is 2.07 bits per heavy atom. The molecule has 0 radical (unpaired) electrons. The summed E-state index contributed by atoms with van der Waals surface area (Å²) in [7, 11) is 0. The lowest BCUT2D eigenvalue weighted by atomic mass is 10.3. The predicted octanol–water partition coefficient (Wildman–Crippen LogP) is 2.25. The van der Waals surface area contributed by atoms with E-state index in [9.17, 15) is 4.39 Å². The number of hydrogen-bond donors (Lipinski definition) is 1. The van der Waals surface area contributed by atoms with Gasteiger partial charge in [-0.15, -0.1) is 5.10 Å². The van der Waals surface area contributed by atoms with Gasteiger partial charge < -0.3 is 5.73 Å². The zero-order valence-corrected chi connectivity index (χ0v) is 7.87. The highest BCUT2D eigenvalue weighted by Crippen LogP contribution is 2.19. The number of nitrogen functional groups attached to an aromatic ring is 1. The summed E-state index contributed by atoms with van der Waals surface area (Å²) in [6.45, 7) is 0. The summed E-state index contributed by atoms with van der Waals surface area (Å²) < 4.78 is 14.2. The molecule has 1 aromatic heterocycles. The lowest BCUT2D eigenvalue weighted by Crippen LogP contribution is -1.99. The number of para-hydroxylation sites is 2. The van der Waals surface area contributed by atoms with Gasteiger partial charge in [0.1, 0.15) is 5.02 Å². The first-order valence-corrected chi connectivity index (χ1v) is 4.32. The number of aromatic nitrogens is 2. The van der Waals surface area contributed by atoms with Crippen LogP contribution in [0.5, 0.6) is 0 Å². The minimum Gasteiger partial charge on any atom is -0.397 e. The number of anilines is 1. The standard InChI is InChI=1S/C9H7ClFN3/c10-6-5-14(13-9(6)11)8-4-2-1-3-7(8)12/h1-5H,12H2. The Balaban J connectivity index is 2.55. The smallest absolute Gasteiger partial charge is 0.251 e. The van der Waals surface area contributed by atoms with Gasteiger partial charge in [-0.05, 0) is 12.1 Å². The number of nitrogens with zero attached hydrogens (tertiary/aromatic N) is 2. The molecule has 3 nitrogen and oxygen atoms in total. The van der Waals surface area contributed by atoms with Gasteiger partial charge in [0.25, 0.3) is 5.95 Å². The normalized spacial score (nSPS) is 10.4. The molecule has 2 aromatic rings. The zero-order chi connectivity index (χ0) is 10.1. The lowest BCUT2D eigenvalue weighted by Gasteiger charge is -2.03. The van der Waals surface area contributed by atoms with E-state index in [2.05, 4.69) is 5.10 Å². The van der Waals surface area contributed by atoms with Crippen LogP contribution in [0.4, 0.5) is 10.1 Å². The maximum absolute atomic E-state index is 12.9. The third kappa shape index (κ3) is 1.44. The van der Waals surface area contributed by atoms with Crippen molar-refractivity contribution in [2.45, 2.75) is 0 Å². The number of hydrogen-bond acceptors (Lipinski definition) is 2. The Kier molecular flexibility index (Phi) is 2.13. The molecule has 0 atom stereocenters. The molecule has 5 heteroatoms. The van der Waals surface area contributed by atoms with Crippen molar-refractivity contribution in [1.82, 2.24) is 9.78 Å². The fraction of sp³-hybridized carbons (Fsp3) is 0. The van der Waals surface area contributed by atoms with Crippen LogP contribution in [-0.4, -0.2) is 9.78 Å². The average Bonchev–Trinajstić information content (AvgIpc) is 2.48. The average molecular weight is 212 g/mol. The fourth-order valence-electron chi connectivity index (χ4n) is 1.15. The molecule has 0 amide bonds. The van der Waals surface area contributed by atoms with Crippen LogP contribution in [0.25, 0.3) is 5.69 Å². The number of benzene rings is 1. The minimum absolute atomic E-state index is 0.0201. The molecule has 1 aromatic carbocycles. The Hall–Kier alpha value is -1.55. The lowest BCUT2D eigenvalue weighted by molar-refractivity contribution is 0.567. The predicted molar refractivity (Wildman–Crippen MR) is 52.9 cm³/mol. The van der Waals surface area contributed by atoms with Crippen LogP contribution < -0.4 is 5.73 Å². The van der Waals surface area contributed by atoms with Crippen LogP contribution in [-0.2, 0) is 0 Å². The molecule has 2 rings (SSSR count). The van der Waals surface area contributed by atoms with Crippen molar-refractivity contribution in [1.29, 1.82) is 0 Å². The SMILES string of the molecule is Nc1ccccc1-n1cc(Cl)c(F)n1. The van der Waals surface area contributed by atoms with Crippen molar-refractivity contribution in [2.75, 3.05) is 5.73 Å². The molecule has 0 aliphatic rings. The first kappa shape index (κ1) is 9.02. The number of halogens is 2. The van der Waals surface area contributed by atoms with E-state index in [1.165, 1.54) is 10.9 Å². The molecule has 0 aliphatic carbocycles. The van der Waals surface area contributed by atoms with Gasteiger partial charge in [-0.2, -0.15) is 4.39 Å². The molecule has 1 heterocycles. The highest BCUT2D eigenvalue weighted by molar-refractivity contribution is 6.30. The number of rotatable bonds is 1. The van der Waals surface area contributed by atoms with Crippen molar-refractivity contribution in [3.63, 3.8) is 0 Å². The van der Waals surface area contributed by atoms with E-state index in [-0.39, 0.29) is 5.02 Å². The molecular formula is C9H7ClFN3. The molecular weight excluding hydrogens is 205 g/mol. The Morgan fingerprint density at radius 1 is 1.36 bits per heavy atom. The second-order valence-corrected chi connectivity index (χ2v) is 3.18. The summed E-state index contributed by atoms with van der Waals surface area (Å²) in [5.41, 5.74) is 6.82. The second-order valence-electron chi connectivity index (χ2n) is 2.77. The van der Waals surface area contributed by atoms with Gasteiger partial charge in [-0.1, -0.05) is 23.7 Å². The van der Waals surface area contributed by atoms with E-state index in [0.717, 1.165) is 0 Å². The van der Waals surface area contributed by atoms with Gasteiger partial charge in [0.05, 0.1) is 17.6 Å². The third-order valence-corrected chi connectivity index (χ3v) is 2.07. The second kappa shape index (κ2) is 3.31. The molecule has 0 spiro atoms. The van der Waals surface area contributed by atoms with Crippen LogP contribution >= 0.6 is 11.6 Å². The minimum atomic E-state index is -0.699. The molecule has 2 N–H and O–H groups in total. The molecule has 0 saturated carbocycles. The van der Waals surface area contributed by atoms with Gasteiger partial charge >= 0.3 is 0 Å². The van der Waals surface area contributed by atoms with Crippen molar-refractivity contribution in [2.24, 2.45) is 0 Å². The van der Waals surface area contributed by atoms with E-state index in [1.807, 2.05) is 0 Å². The molecule has 72 valence electrons. The molecule has 0 unspecified atom stereocenters. The maximum atomic E-state index is 12.9.